The fourth-order valence-corrected chi connectivity index (χ4v) is 6.01. The molecule has 2 heterocycles. The van der Waals surface area contributed by atoms with Crippen LogP contribution in [0.2, 0.25) is 20.1 Å². The van der Waals surface area contributed by atoms with Crippen LogP contribution in [0.1, 0.15) is 17.0 Å². The molecule has 12 heteroatoms. The Morgan fingerprint density at radius 1 is 0.944 bits per heavy atom. The molecule has 0 aliphatic carbocycles. The number of thiazole rings is 1. The van der Waals surface area contributed by atoms with Crippen LogP contribution in [0.4, 0.5) is 0 Å². The average molecular weight is 586 g/mol. The van der Waals surface area contributed by atoms with Crippen molar-refractivity contribution in [2.24, 2.45) is 5.73 Å². The van der Waals surface area contributed by atoms with E-state index in [1.165, 1.54) is 19.2 Å². The molecule has 0 saturated heterocycles. The maximum atomic E-state index is 13.5. The highest BCUT2D eigenvalue weighted by Gasteiger charge is 2.40. The van der Waals surface area contributed by atoms with Crippen molar-refractivity contribution in [1.29, 1.82) is 0 Å². The van der Waals surface area contributed by atoms with Crippen molar-refractivity contribution < 1.29 is 19.1 Å². The van der Waals surface area contributed by atoms with E-state index in [-0.39, 0.29) is 31.2 Å². The third kappa shape index (κ3) is 4.55. The Bertz CT molecular complexity index is 1640. The molecule has 2 aromatic carbocycles. The topological polar surface area (TPSA) is 101 Å². The predicted octanol–water partition coefficient (Wildman–Crippen LogP) is 3.77. The number of nitrogens with zero attached hydrogens (tertiary/aromatic N) is 1. The number of methoxy groups -OCH3 is 2. The SMILES string of the molecule is COC(=O)C1=C(N)n2c(sc(=Cc3ccc(Cl)cc3Cl)c2=O)=C(C(=O)OC)C1c1ccc(Cl)cc1Cl. The first kappa shape index (κ1) is 26.3. The van der Waals surface area contributed by atoms with Crippen molar-refractivity contribution in [3.8, 4) is 0 Å². The summed E-state index contributed by atoms with van der Waals surface area (Å²) in [5, 5.41) is 1.27. The molecular formula is C24H16Cl4N2O5S. The van der Waals surface area contributed by atoms with Crippen molar-refractivity contribution in [3.05, 3.63) is 92.7 Å². The molecule has 0 amide bonds. The lowest BCUT2D eigenvalue weighted by Crippen LogP contribution is -2.41. The van der Waals surface area contributed by atoms with Gasteiger partial charge < -0.3 is 15.2 Å². The van der Waals surface area contributed by atoms with Crippen LogP contribution < -0.4 is 20.5 Å². The second-order valence-corrected chi connectivity index (χ2v) is 10.2. The number of hydrogen-bond donors (Lipinski definition) is 1. The lowest BCUT2D eigenvalue weighted by atomic mass is 9.83. The van der Waals surface area contributed by atoms with Gasteiger partial charge in [0.05, 0.1) is 35.8 Å². The van der Waals surface area contributed by atoms with Crippen molar-refractivity contribution in [1.82, 2.24) is 4.57 Å². The Labute approximate surface area is 228 Å². The Kier molecular flexibility index (Phi) is 7.54. The molecule has 36 heavy (non-hydrogen) atoms. The largest absolute Gasteiger partial charge is 0.466 e. The van der Waals surface area contributed by atoms with Crippen molar-refractivity contribution in [2.75, 3.05) is 14.2 Å². The number of carbonyl (C=O) groups is 2. The highest BCUT2D eigenvalue weighted by atomic mass is 35.5. The minimum atomic E-state index is -1.10. The van der Waals surface area contributed by atoms with E-state index in [2.05, 4.69) is 0 Å². The number of halogens is 4. The molecule has 1 aliphatic rings. The molecule has 0 bridgehead atoms. The van der Waals surface area contributed by atoms with Crippen LogP contribution in [0.15, 0.2) is 46.8 Å². The van der Waals surface area contributed by atoms with Crippen LogP contribution in [0.5, 0.6) is 0 Å². The van der Waals surface area contributed by atoms with Gasteiger partial charge in [0.1, 0.15) is 10.5 Å². The van der Waals surface area contributed by atoms with Crippen molar-refractivity contribution in [3.63, 3.8) is 0 Å². The van der Waals surface area contributed by atoms with E-state index in [0.717, 1.165) is 23.0 Å². The van der Waals surface area contributed by atoms with E-state index in [9.17, 15) is 14.4 Å². The van der Waals surface area contributed by atoms with Crippen LogP contribution in [-0.2, 0) is 19.1 Å². The number of rotatable bonds is 4. The second-order valence-electron chi connectivity index (χ2n) is 7.52. The van der Waals surface area contributed by atoms with Crippen molar-refractivity contribution >= 4 is 87.1 Å². The van der Waals surface area contributed by atoms with Gasteiger partial charge in [-0.15, -0.1) is 11.3 Å². The Hall–Kier alpha value is -2.75. The highest BCUT2D eigenvalue weighted by Crippen LogP contribution is 2.41. The zero-order valence-corrected chi connectivity index (χ0v) is 22.4. The van der Waals surface area contributed by atoms with Crippen LogP contribution in [-0.4, -0.2) is 30.7 Å². The normalized spacial score (nSPS) is 15.7. The van der Waals surface area contributed by atoms with E-state index >= 15 is 0 Å². The summed E-state index contributed by atoms with van der Waals surface area (Å²) in [6.45, 7) is 0. The van der Waals surface area contributed by atoms with Gasteiger partial charge in [-0.3, -0.25) is 9.36 Å². The van der Waals surface area contributed by atoms with Gasteiger partial charge in [0.25, 0.3) is 5.56 Å². The molecule has 4 rings (SSSR count). The van der Waals surface area contributed by atoms with Crippen LogP contribution in [0, 0.1) is 0 Å². The standard InChI is InChI=1S/C24H16Cl4N2O5S/c1-34-23(32)18-17(13-6-5-12(26)9-15(13)28)19(24(33)35-2)22-30(20(18)29)21(31)16(36-22)7-10-3-4-11(25)8-14(10)27/h3-9,17H,29H2,1-2H3. The molecule has 1 atom stereocenters. The molecule has 0 spiro atoms. The molecule has 7 nitrogen and oxygen atoms in total. The third-order valence-corrected chi connectivity index (χ3v) is 7.71. The average Bonchev–Trinajstić information content (AvgIpc) is 3.15. The quantitative estimate of drug-likeness (QED) is 0.468. The van der Waals surface area contributed by atoms with Crippen molar-refractivity contribution in [2.45, 2.75) is 5.92 Å². The van der Waals surface area contributed by atoms with E-state index in [1.54, 1.807) is 30.3 Å². The molecule has 1 aromatic heterocycles. The van der Waals surface area contributed by atoms with E-state index < -0.39 is 23.4 Å². The van der Waals surface area contributed by atoms with Gasteiger partial charge in [-0.25, -0.2) is 9.59 Å². The highest BCUT2D eigenvalue weighted by molar-refractivity contribution is 7.07. The number of ether oxygens (including phenoxy) is 2. The van der Waals surface area contributed by atoms with Gasteiger partial charge in [0.2, 0.25) is 0 Å². The lowest BCUT2D eigenvalue weighted by Gasteiger charge is -2.27. The van der Waals surface area contributed by atoms with Crippen LogP contribution in [0.3, 0.4) is 0 Å². The number of hydrogen-bond acceptors (Lipinski definition) is 7. The van der Waals surface area contributed by atoms with Gasteiger partial charge >= 0.3 is 11.9 Å². The first-order valence-corrected chi connectivity index (χ1v) is 12.5. The van der Waals surface area contributed by atoms with Gasteiger partial charge in [-0.05, 0) is 41.5 Å². The molecule has 1 unspecified atom stereocenters. The van der Waals surface area contributed by atoms with Gasteiger partial charge in [0, 0.05) is 20.1 Å². The first-order chi connectivity index (χ1) is 17.1. The zero-order valence-electron chi connectivity index (χ0n) is 18.6. The van der Waals surface area contributed by atoms with Gasteiger partial charge in [-0.1, -0.05) is 58.5 Å². The third-order valence-electron chi connectivity index (χ3n) is 5.48. The van der Waals surface area contributed by atoms with E-state index in [4.69, 9.17) is 61.6 Å². The van der Waals surface area contributed by atoms with Gasteiger partial charge in [0.15, 0.2) is 0 Å². The van der Waals surface area contributed by atoms with Gasteiger partial charge in [-0.2, -0.15) is 0 Å². The molecule has 1 aliphatic heterocycles. The summed E-state index contributed by atoms with van der Waals surface area (Å²) in [7, 11) is 2.35. The number of carbonyl (C=O) groups excluding carboxylic acids is 2. The molecule has 2 N–H and O–H groups in total. The summed E-state index contributed by atoms with van der Waals surface area (Å²) >= 11 is 25.8. The Balaban J connectivity index is 2.15. The molecule has 3 aromatic rings. The lowest BCUT2D eigenvalue weighted by molar-refractivity contribution is -0.136. The Morgan fingerprint density at radius 3 is 2.11 bits per heavy atom. The number of fused-ring (bicyclic) bond motifs is 1. The number of benzene rings is 2. The molecule has 186 valence electrons. The number of aromatic nitrogens is 1. The molecule has 0 fully saturated rings. The summed E-state index contributed by atoms with van der Waals surface area (Å²) in [6, 6.07) is 9.40. The van der Waals surface area contributed by atoms with Crippen LogP contribution >= 0.6 is 57.7 Å². The Morgan fingerprint density at radius 2 is 1.53 bits per heavy atom. The summed E-state index contributed by atoms with van der Waals surface area (Å²) in [5.74, 6) is -2.94. The maximum Gasteiger partial charge on any atom is 0.338 e. The summed E-state index contributed by atoms with van der Waals surface area (Å²) in [6.07, 6.45) is 1.54. The predicted molar refractivity (Wildman–Crippen MR) is 142 cm³/mol. The summed E-state index contributed by atoms with van der Waals surface area (Å²) in [4.78, 5) is 39.5. The fourth-order valence-electron chi connectivity index (χ4n) is 3.87. The van der Waals surface area contributed by atoms with Crippen LogP contribution in [0.25, 0.3) is 17.5 Å². The second kappa shape index (κ2) is 10.3. The van der Waals surface area contributed by atoms with E-state index in [0.29, 0.717) is 26.2 Å². The minimum Gasteiger partial charge on any atom is -0.466 e. The fraction of sp³-hybridized carbons (Fsp3) is 0.125. The number of nitrogens with two attached hydrogens (primary N) is 1. The number of esters is 2. The molecular weight excluding hydrogens is 570 g/mol. The monoisotopic (exact) mass is 584 g/mol. The molecule has 0 radical (unpaired) electrons. The zero-order chi connectivity index (χ0) is 26.3. The first-order valence-electron chi connectivity index (χ1n) is 10.1. The molecule has 0 saturated carbocycles. The summed E-state index contributed by atoms with van der Waals surface area (Å²) in [5.41, 5.74) is 6.53. The minimum absolute atomic E-state index is 0.0136. The summed E-state index contributed by atoms with van der Waals surface area (Å²) < 4.78 is 11.5. The smallest absolute Gasteiger partial charge is 0.338 e. The van der Waals surface area contributed by atoms with E-state index in [1.807, 2.05) is 0 Å². The maximum absolute atomic E-state index is 13.5.